The van der Waals surface area contributed by atoms with Crippen LogP contribution in [0.4, 0.5) is 0 Å². The first-order valence-corrected chi connectivity index (χ1v) is 9.40. The zero-order valence-corrected chi connectivity index (χ0v) is 16.9. The van der Waals surface area contributed by atoms with Gasteiger partial charge in [-0.3, -0.25) is 0 Å². The molecule has 0 aliphatic heterocycles. The average molecular weight is 394 g/mol. The van der Waals surface area contributed by atoms with E-state index in [9.17, 15) is 0 Å². The van der Waals surface area contributed by atoms with E-state index >= 15 is 0 Å². The molecule has 0 radical (unpaired) electrons. The molecule has 8 heteroatoms. The number of benzene rings is 2. The fourth-order valence-corrected chi connectivity index (χ4v) is 2.78. The molecule has 29 heavy (non-hydrogen) atoms. The van der Waals surface area contributed by atoms with Crippen LogP contribution in [0.25, 0.3) is 5.69 Å². The molecule has 3 rings (SSSR count). The Kier molecular flexibility index (Phi) is 7.05. The fraction of sp³-hybridized carbons (Fsp3) is 0.286. The number of nitrogens with zero attached hydrogens (tertiary/aromatic N) is 4. The van der Waals surface area contributed by atoms with Gasteiger partial charge in [-0.05, 0) is 42.3 Å². The van der Waals surface area contributed by atoms with Gasteiger partial charge in [-0.1, -0.05) is 18.2 Å². The number of aromatic nitrogens is 3. The quantitative estimate of drug-likeness (QED) is 0.451. The summed E-state index contributed by atoms with van der Waals surface area (Å²) in [6.07, 6.45) is 3.20. The van der Waals surface area contributed by atoms with E-state index in [0.29, 0.717) is 24.6 Å². The molecule has 0 amide bonds. The number of hydrogen-bond donors (Lipinski definition) is 2. The molecule has 0 atom stereocenters. The highest BCUT2D eigenvalue weighted by Crippen LogP contribution is 2.27. The van der Waals surface area contributed by atoms with Crippen LogP contribution >= 0.6 is 0 Å². The van der Waals surface area contributed by atoms with Crippen molar-refractivity contribution in [2.75, 3.05) is 20.8 Å². The first-order valence-electron chi connectivity index (χ1n) is 9.40. The molecular weight excluding hydrogens is 368 g/mol. The minimum absolute atomic E-state index is 0.529. The zero-order chi connectivity index (χ0) is 20.5. The topological polar surface area (TPSA) is 85.6 Å². The lowest BCUT2D eigenvalue weighted by atomic mass is 10.2. The number of hydrogen-bond acceptors (Lipinski definition) is 5. The van der Waals surface area contributed by atoms with Crippen molar-refractivity contribution in [2.24, 2.45) is 4.99 Å². The first kappa shape index (κ1) is 20.2. The maximum absolute atomic E-state index is 5.36. The highest BCUT2D eigenvalue weighted by Gasteiger charge is 2.05. The van der Waals surface area contributed by atoms with Crippen LogP contribution in [0, 0.1) is 0 Å². The summed E-state index contributed by atoms with van der Waals surface area (Å²) in [6, 6.07) is 14.0. The fourth-order valence-electron chi connectivity index (χ4n) is 2.78. The third-order valence-electron chi connectivity index (χ3n) is 4.29. The molecule has 0 fully saturated rings. The highest BCUT2D eigenvalue weighted by atomic mass is 16.5. The monoisotopic (exact) mass is 394 g/mol. The lowest BCUT2D eigenvalue weighted by Gasteiger charge is -2.12. The van der Waals surface area contributed by atoms with Gasteiger partial charge in [0.1, 0.15) is 12.7 Å². The third kappa shape index (κ3) is 5.47. The molecule has 0 aliphatic carbocycles. The molecular formula is C21H26N6O2. The SMILES string of the molecule is CCNC(=NCc1ccc(OC)c(OC)c1)NCc1ccc(-n2cncn2)cc1. The van der Waals surface area contributed by atoms with Crippen LogP contribution in [-0.4, -0.2) is 41.5 Å². The van der Waals surface area contributed by atoms with Gasteiger partial charge in [-0.25, -0.2) is 14.7 Å². The van der Waals surface area contributed by atoms with E-state index in [1.807, 2.05) is 37.3 Å². The number of nitrogens with one attached hydrogen (secondary N) is 2. The van der Waals surface area contributed by atoms with Crippen molar-refractivity contribution < 1.29 is 9.47 Å². The number of aliphatic imine (C=N–C) groups is 1. The summed E-state index contributed by atoms with van der Waals surface area (Å²) >= 11 is 0. The maximum atomic E-state index is 5.36. The smallest absolute Gasteiger partial charge is 0.191 e. The van der Waals surface area contributed by atoms with Gasteiger partial charge in [0, 0.05) is 13.1 Å². The Balaban J connectivity index is 1.62. The lowest BCUT2D eigenvalue weighted by molar-refractivity contribution is 0.354. The predicted octanol–water partition coefficient (Wildman–Crippen LogP) is 2.54. The van der Waals surface area contributed by atoms with Crippen LogP contribution in [0.5, 0.6) is 11.5 Å². The van der Waals surface area contributed by atoms with Gasteiger partial charge in [0.2, 0.25) is 0 Å². The maximum Gasteiger partial charge on any atom is 0.191 e. The van der Waals surface area contributed by atoms with Crippen molar-refractivity contribution in [3.05, 3.63) is 66.2 Å². The van der Waals surface area contributed by atoms with E-state index in [4.69, 9.17) is 9.47 Å². The molecule has 2 N–H and O–H groups in total. The van der Waals surface area contributed by atoms with E-state index in [1.165, 1.54) is 6.33 Å². The standard InChI is InChI=1S/C21H26N6O2/c1-4-23-21(25-13-17-7-10-19(28-2)20(11-17)29-3)24-12-16-5-8-18(9-6-16)27-15-22-14-26-27/h5-11,14-15H,4,12-13H2,1-3H3,(H2,23,24,25). The van der Waals surface area contributed by atoms with Crippen molar-refractivity contribution in [1.82, 2.24) is 25.4 Å². The Morgan fingerprint density at radius 3 is 2.41 bits per heavy atom. The van der Waals surface area contributed by atoms with Gasteiger partial charge in [0.15, 0.2) is 17.5 Å². The van der Waals surface area contributed by atoms with Crippen molar-refractivity contribution >= 4 is 5.96 Å². The minimum atomic E-state index is 0.529. The number of rotatable bonds is 8. The summed E-state index contributed by atoms with van der Waals surface area (Å²) in [7, 11) is 3.26. The summed E-state index contributed by atoms with van der Waals surface area (Å²) in [5, 5.41) is 10.8. The number of ether oxygens (including phenoxy) is 2. The molecule has 0 aliphatic rings. The minimum Gasteiger partial charge on any atom is -0.493 e. The molecule has 1 heterocycles. The molecule has 0 spiro atoms. The van der Waals surface area contributed by atoms with E-state index in [2.05, 4.69) is 37.8 Å². The van der Waals surface area contributed by atoms with E-state index < -0.39 is 0 Å². The Labute approximate surface area is 170 Å². The predicted molar refractivity (Wildman–Crippen MR) is 113 cm³/mol. The molecule has 0 bridgehead atoms. The van der Waals surface area contributed by atoms with Crippen LogP contribution in [0.2, 0.25) is 0 Å². The Morgan fingerprint density at radius 1 is 1.00 bits per heavy atom. The van der Waals surface area contributed by atoms with Crippen molar-refractivity contribution in [3.8, 4) is 17.2 Å². The average Bonchev–Trinajstić information content (AvgIpc) is 3.30. The molecule has 3 aromatic rings. The molecule has 0 saturated heterocycles. The lowest BCUT2D eigenvalue weighted by Crippen LogP contribution is -2.36. The summed E-state index contributed by atoms with van der Waals surface area (Å²) < 4.78 is 12.4. The summed E-state index contributed by atoms with van der Waals surface area (Å²) in [5.74, 6) is 2.16. The summed E-state index contributed by atoms with van der Waals surface area (Å²) in [4.78, 5) is 8.63. The molecule has 0 unspecified atom stereocenters. The molecule has 1 aromatic heterocycles. The van der Waals surface area contributed by atoms with Gasteiger partial charge < -0.3 is 20.1 Å². The van der Waals surface area contributed by atoms with Gasteiger partial charge in [0.05, 0.1) is 26.5 Å². The molecule has 8 nitrogen and oxygen atoms in total. The van der Waals surface area contributed by atoms with E-state index in [0.717, 1.165) is 29.3 Å². The van der Waals surface area contributed by atoms with E-state index in [-0.39, 0.29) is 0 Å². The second-order valence-corrected chi connectivity index (χ2v) is 6.24. The van der Waals surface area contributed by atoms with Crippen molar-refractivity contribution in [1.29, 1.82) is 0 Å². The molecule has 0 saturated carbocycles. The molecule has 152 valence electrons. The number of guanidine groups is 1. The van der Waals surface area contributed by atoms with Gasteiger partial charge in [0.25, 0.3) is 0 Å². The Hall–Kier alpha value is -3.55. The van der Waals surface area contributed by atoms with Crippen LogP contribution in [-0.2, 0) is 13.1 Å². The van der Waals surface area contributed by atoms with Crippen LogP contribution in [0.15, 0.2) is 60.1 Å². The highest BCUT2D eigenvalue weighted by molar-refractivity contribution is 5.79. The van der Waals surface area contributed by atoms with Crippen LogP contribution in [0.1, 0.15) is 18.1 Å². The van der Waals surface area contributed by atoms with Crippen molar-refractivity contribution in [3.63, 3.8) is 0 Å². The Bertz CT molecular complexity index is 923. The van der Waals surface area contributed by atoms with Crippen LogP contribution in [0.3, 0.4) is 0 Å². The van der Waals surface area contributed by atoms with Gasteiger partial charge in [-0.15, -0.1) is 0 Å². The summed E-state index contributed by atoms with van der Waals surface area (Å²) in [6.45, 7) is 4.01. The molecule has 2 aromatic carbocycles. The summed E-state index contributed by atoms with van der Waals surface area (Å²) in [5.41, 5.74) is 3.16. The second kappa shape index (κ2) is 10.1. The largest absolute Gasteiger partial charge is 0.493 e. The second-order valence-electron chi connectivity index (χ2n) is 6.24. The Morgan fingerprint density at radius 2 is 1.76 bits per heavy atom. The van der Waals surface area contributed by atoms with E-state index in [1.54, 1.807) is 25.2 Å². The van der Waals surface area contributed by atoms with Crippen LogP contribution < -0.4 is 20.1 Å². The third-order valence-corrected chi connectivity index (χ3v) is 4.29. The normalized spacial score (nSPS) is 11.2. The van der Waals surface area contributed by atoms with Gasteiger partial charge in [-0.2, -0.15) is 5.10 Å². The van der Waals surface area contributed by atoms with Gasteiger partial charge >= 0.3 is 0 Å². The van der Waals surface area contributed by atoms with Crippen molar-refractivity contribution in [2.45, 2.75) is 20.0 Å². The first-order chi connectivity index (χ1) is 14.2. The zero-order valence-electron chi connectivity index (χ0n) is 16.9. The number of methoxy groups -OCH3 is 2.